The molecule has 0 spiro atoms. The first kappa shape index (κ1) is 32.2. The second-order valence-corrected chi connectivity index (χ2v) is 12.7. The van der Waals surface area contributed by atoms with E-state index in [-0.39, 0.29) is 58.8 Å². The molecule has 3 aromatic rings. The summed E-state index contributed by atoms with van der Waals surface area (Å²) < 4.78 is 38.4. The lowest BCUT2D eigenvalue weighted by atomic mass is 9.87. The van der Waals surface area contributed by atoms with E-state index >= 15 is 4.39 Å². The van der Waals surface area contributed by atoms with Gasteiger partial charge in [0, 0.05) is 60.9 Å². The van der Waals surface area contributed by atoms with Crippen LogP contribution in [0.5, 0.6) is 5.88 Å². The number of nitrogens with zero attached hydrogens (tertiary/aromatic N) is 4. The summed E-state index contributed by atoms with van der Waals surface area (Å²) in [6.45, 7) is 10.0. The summed E-state index contributed by atoms with van der Waals surface area (Å²) in [7, 11) is 0. The average Bonchev–Trinajstić information content (AvgIpc) is 2.99. The Morgan fingerprint density at radius 2 is 1.74 bits per heavy atom. The molecular formula is C32H37FN6O8. The highest BCUT2D eigenvalue weighted by Gasteiger charge is 2.37. The van der Waals surface area contributed by atoms with E-state index in [0.717, 1.165) is 30.8 Å². The number of aromatic nitrogens is 2. The van der Waals surface area contributed by atoms with E-state index in [1.54, 1.807) is 27.7 Å². The van der Waals surface area contributed by atoms with Crippen LogP contribution in [-0.4, -0.2) is 95.5 Å². The number of ether oxygens (including phenoxy) is 4. The largest absolute Gasteiger partial charge is 0.474 e. The number of halogens is 1. The Kier molecular flexibility index (Phi) is 8.76. The molecule has 2 fully saturated rings. The van der Waals surface area contributed by atoms with Gasteiger partial charge in [0.25, 0.3) is 0 Å². The first-order valence-corrected chi connectivity index (χ1v) is 15.4. The molecule has 15 heteroatoms. The predicted molar refractivity (Wildman–Crippen MR) is 170 cm³/mol. The van der Waals surface area contributed by atoms with Gasteiger partial charge in [-0.25, -0.2) is 28.7 Å². The Bertz CT molecular complexity index is 1720. The third-order valence-electron chi connectivity index (χ3n) is 8.34. The van der Waals surface area contributed by atoms with Gasteiger partial charge >= 0.3 is 18.3 Å². The maximum atomic E-state index is 16.4. The lowest BCUT2D eigenvalue weighted by molar-refractivity contribution is -0.0477. The van der Waals surface area contributed by atoms with Crippen molar-refractivity contribution in [2.24, 2.45) is 0 Å². The number of pyridine rings is 2. The average molecular weight is 653 g/mol. The fraction of sp³-hybridized carbons (Fsp3) is 0.469. The summed E-state index contributed by atoms with van der Waals surface area (Å²) in [5.41, 5.74) is -0.153. The first-order chi connectivity index (χ1) is 22.4. The zero-order chi connectivity index (χ0) is 33.5. The molecule has 1 aliphatic carbocycles. The molecule has 1 aromatic carbocycles. The molecule has 47 heavy (non-hydrogen) atoms. The van der Waals surface area contributed by atoms with Crippen molar-refractivity contribution >= 4 is 46.2 Å². The number of morpholine rings is 1. The number of carbonyl (C=O) groups excluding carboxylic acids is 2. The number of benzene rings is 1. The van der Waals surface area contributed by atoms with E-state index in [9.17, 15) is 19.5 Å². The number of nitrogens with one attached hydrogen (secondary N) is 2. The highest BCUT2D eigenvalue weighted by molar-refractivity contribution is 6.04. The summed E-state index contributed by atoms with van der Waals surface area (Å²) in [5, 5.41) is 15.6. The second kappa shape index (κ2) is 12.8. The fourth-order valence-electron chi connectivity index (χ4n) is 6.02. The van der Waals surface area contributed by atoms with Crippen molar-refractivity contribution < 1.29 is 42.8 Å². The molecule has 2 aliphatic heterocycles. The summed E-state index contributed by atoms with van der Waals surface area (Å²) >= 11 is 0. The minimum Gasteiger partial charge on any atom is -0.474 e. The van der Waals surface area contributed by atoms with Gasteiger partial charge in [0.2, 0.25) is 5.88 Å². The third-order valence-corrected chi connectivity index (χ3v) is 8.34. The Balaban J connectivity index is 1.31. The number of hydrogen-bond acceptors (Lipinski definition) is 10. The number of carbonyl (C=O) groups is 3. The van der Waals surface area contributed by atoms with Crippen molar-refractivity contribution in [3.8, 4) is 17.0 Å². The van der Waals surface area contributed by atoms with E-state index in [4.69, 9.17) is 18.9 Å². The molecule has 0 unspecified atom stereocenters. The van der Waals surface area contributed by atoms with Crippen LogP contribution in [-0.2, 0) is 14.2 Å². The van der Waals surface area contributed by atoms with Crippen molar-refractivity contribution in [3.05, 3.63) is 35.9 Å². The molecule has 6 rings (SSSR count). The van der Waals surface area contributed by atoms with E-state index in [1.807, 2.05) is 0 Å². The molecule has 0 bridgehead atoms. The van der Waals surface area contributed by atoms with Crippen molar-refractivity contribution in [2.45, 2.75) is 58.3 Å². The number of hydrogen-bond donors (Lipinski definition) is 3. The molecule has 0 radical (unpaired) electrons. The summed E-state index contributed by atoms with van der Waals surface area (Å²) in [6.07, 6.45) is 1.22. The smallest absolute Gasteiger partial charge is 0.413 e. The van der Waals surface area contributed by atoms with Gasteiger partial charge in [-0.05, 0) is 50.8 Å². The highest BCUT2D eigenvalue weighted by Crippen LogP contribution is 2.42. The Morgan fingerprint density at radius 1 is 1.00 bits per heavy atom. The molecule has 1 saturated carbocycles. The lowest BCUT2D eigenvalue weighted by Gasteiger charge is -2.43. The number of anilines is 3. The van der Waals surface area contributed by atoms with Crippen LogP contribution >= 0.6 is 0 Å². The van der Waals surface area contributed by atoms with Gasteiger partial charge in [-0.15, -0.1) is 0 Å². The molecule has 4 heterocycles. The number of amides is 3. The second-order valence-electron chi connectivity index (χ2n) is 12.7. The zero-order valence-corrected chi connectivity index (χ0v) is 26.6. The summed E-state index contributed by atoms with van der Waals surface area (Å²) in [6, 6.07) is 3.41. The fourth-order valence-corrected chi connectivity index (χ4v) is 6.02. The van der Waals surface area contributed by atoms with Gasteiger partial charge in [-0.1, -0.05) is 0 Å². The Morgan fingerprint density at radius 3 is 2.45 bits per heavy atom. The van der Waals surface area contributed by atoms with Crippen molar-refractivity contribution in [1.82, 2.24) is 14.9 Å². The molecule has 2 aromatic heterocycles. The first-order valence-electron chi connectivity index (χ1n) is 15.4. The van der Waals surface area contributed by atoms with E-state index in [2.05, 4.69) is 25.5 Å². The van der Waals surface area contributed by atoms with Gasteiger partial charge in [0.05, 0.1) is 25.4 Å². The van der Waals surface area contributed by atoms with Gasteiger partial charge in [-0.3, -0.25) is 20.4 Å². The SMILES string of the molecule is Cc1c(-c2cc3cc(NC(=O)OC4CC(N5CCOCC5)C4)ncc3c(NC(=O)OC(C)(C)C)c2F)cnc2c1N(C(=O)O)CCO2. The monoisotopic (exact) mass is 652 g/mol. The molecule has 3 aliphatic rings. The summed E-state index contributed by atoms with van der Waals surface area (Å²) in [4.78, 5) is 49.6. The van der Waals surface area contributed by atoms with Gasteiger partial charge in [-0.2, -0.15) is 0 Å². The normalized spacial score (nSPS) is 19.6. The van der Waals surface area contributed by atoms with Gasteiger partial charge < -0.3 is 24.1 Å². The quantitative estimate of drug-likeness (QED) is 0.324. The molecular weight excluding hydrogens is 615 g/mol. The van der Waals surface area contributed by atoms with Crippen LogP contribution in [0.25, 0.3) is 21.9 Å². The zero-order valence-electron chi connectivity index (χ0n) is 26.6. The van der Waals surface area contributed by atoms with Crippen LogP contribution < -0.4 is 20.3 Å². The molecule has 3 N–H and O–H groups in total. The van der Waals surface area contributed by atoms with Crippen LogP contribution in [0.4, 0.5) is 36.0 Å². The molecule has 14 nitrogen and oxygen atoms in total. The molecule has 3 amide bonds. The summed E-state index contributed by atoms with van der Waals surface area (Å²) in [5.74, 6) is -0.545. The highest BCUT2D eigenvalue weighted by atomic mass is 19.1. The van der Waals surface area contributed by atoms with Crippen molar-refractivity contribution in [1.29, 1.82) is 0 Å². The molecule has 0 atom stereocenters. The number of fused-ring (bicyclic) bond motifs is 2. The van der Waals surface area contributed by atoms with Crippen LogP contribution in [0.15, 0.2) is 24.5 Å². The molecule has 250 valence electrons. The van der Waals surface area contributed by atoms with Crippen LogP contribution in [0.1, 0.15) is 39.2 Å². The number of carboxylic acid groups (broad SMARTS) is 1. The minimum absolute atomic E-state index is 0.0237. The Hall–Kier alpha value is -4.76. The maximum Gasteiger partial charge on any atom is 0.413 e. The maximum absolute atomic E-state index is 16.4. The minimum atomic E-state index is -1.20. The van der Waals surface area contributed by atoms with Gasteiger partial charge in [0.1, 0.15) is 29.8 Å². The topological polar surface area (TPSA) is 165 Å². The van der Waals surface area contributed by atoms with Gasteiger partial charge in [0.15, 0.2) is 5.82 Å². The van der Waals surface area contributed by atoms with E-state index in [1.165, 1.54) is 24.5 Å². The van der Waals surface area contributed by atoms with Crippen molar-refractivity contribution in [3.63, 3.8) is 0 Å². The van der Waals surface area contributed by atoms with Crippen LogP contribution in [0.3, 0.4) is 0 Å². The van der Waals surface area contributed by atoms with E-state index in [0.29, 0.717) is 30.2 Å². The molecule has 1 saturated heterocycles. The van der Waals surface area contributed by atoms with E-state index < -0.39 is 29.7 Å². The lowest BCUT2D eigenvalue weighted by Crippen LogP contribution is -2.52. The van der Waals surface area contributed by atoms with Crippen LogP contribution in [0.2, 0.25) is 0 Å². The predicted octanol–water partition coefficient (Wildman–Crippen LogP) is 5.38. The van der Waals surface area contributed by atoms with Crippen LogP contribution in [0, 0.1) is 12.7 Å². The Labute approximate surface area is 270 Å². The third kappa shape index (κ3) is 6.86. The standard InChI is InChI=1S/C32H37FN6O8/c1-17-22(15-35-28-27(17)39(31(42)43)7-10-45-28)21-11-18-12-24(34-16-23(18)26(25(21)33)37-30(41)47-32(2,3)4)36-29(40)46-20-13-19(14-20)38-5-8-44-9-6-38/h11-12,15-16,19-20H,5-10,13-14H2,1-4H3,(H,37,41)(H,42,43)(H,34,36,40). The number of rotatable bonds is 5. The van der Waals surface area contributed by atoms with Crippen molar-refractivity contribution in [2.75, 3.05) is 55.0 Å².